The predicted molar refractivity (Wildman–Crippen MR) is 75.7 cm³/mol. The standard InChI is InChI=1S/C12H13N7O/c1-19-10-4-8(17-18-9(5-13)11(14)15)3-2-7(10)6-16-12(19)20/h2-4,17H,6H2,1H3,(H3,14,15)(H,16,20)/b18-9+. The Morgan fingerprint density at radius 2 is 2.40 bits per heavy atom. The number of hydrogen-bond acceptors (Lipinski definition) is 5. The van der Waals surface area contributed by atoms with Gasteiger partial charge >= 0.3 is 6.03 Å². The molecule has 1 aromatic rings. The minimum atomic E-state index is -0.408. The lowest BCUT2D eigenvalue weighted by molar-refractivity contribution is 0.246. The fraction of sp³-hybridized carbons (Fsp3) is 0.167. The van der Waals surface area contributed by atoms with E-state index in [-0.39, 0.29) is 11.7 Å². The molecule has 5 N–H and O–H groups in total. The first-order valence-corrected chi connectivity index (χ1v) is 5.75. The van der Waals surface area contributed by atoms with Crippen LogP contribution in [0.1, 0.15) is 5.56 Å². The summed E-state index contributed by atoms with van der Waals surface area (Å²) in [4.78, 5) is 13.0. The summed E-state index contributed by atoms with van der Waals surface area (Å²) in [5.41, 5.74) is 9.98. The zero-order valence-corrected chi connectivity index (χ0v) is 10.8. The van der Waals surface area contributed by atoms with Gasteiger partial charge in [-0.1, -0.05) is 6.07 Å². The van der Waals surface area contributed by atoms with Gasteiger partial charge in [0, 0.05) is 13.6 Å². The van der Waals surface area contributed by atoms with Gasteiger partial charge in [0.1, 0.15) is 6.07 Å². The van der Waals surface area contributed by atoms with Gasteiger partial charge in [0.25, 0.3) is 0 Å². The number of fused-ring (bicyclic) bond motifs is 1. The molecule has 102 valence electrons. The first-order valence-electron chi connectivity index (χ1n) is 5.75. The molecule has 20 heavy (non-hydrogen) atoms. The Bertz CT molecular complexity index is 644. The summed E-state index contributed by atoms with van der Waals surface area (Å²) in [5.74, 6) is -0.408. The largest absolute Gasteiger partial charge is 0.382 e. The van der Waals surface area contributed by atoms with E-state index in [9.17, 15) is 4.79 Å². The maximum absolute atomic E-state index is 11.5. The van der Waals surface area contributed by atoms with Crippen LogP contribution in [0.4, 0.5) is 16.2 Å². The molecule has 8 heteroatoms. The number of hydrazone groups is 1. The molecule has 0 atom stereocenters. The van der Waals surface area contributed by atoms with Crippen molar-refractivity contribution in [1.29, 1.82) is 10.7 Å². The van der Waals surface area contributed by atoms with Crippen molar-refractivity contribution in [1.82, 2.24) is 5.32 Å². The van der Waals surface area contributed by atoms with E-state index in [4.69, 9.17) is 16.4 Å². The Kier molecular flexibility index (Phi) is 3.52. The van der Waals surface area contributed by atoms with Gasteiger partial charge in [-0.05, 0) is 17.7 Å². The number of hydrogen-bond donors (Lipinski definition) is 4. The normalized spacial score (nSPS) is 14.1. The average molecular weight is 271 g/mol. The van der Waals surface area contributed by atoms with Crippen LogP contribution in [0, 0.1) is 16.7 Å². The summed E-state index contributed by atoms with van der Waals surface area (Å²) in [6.45, 7) is 0.471. The number of nitrogens with one attached hydrogen (secondary N) is 3. The summed E-state index contributed by atoms with van der Waals surface area (Å²) in [5, 5.41) is 22.4. The number of amidine groups is 1. The lowest BCUT2D eigenvalue weighted by atomic mass is 10.1. The molecule has 1 heterocycles. The molecule has 8 nitrogen and oxygen atoms in total. The number of nitrogens with two attached hydrogens (primary N) is 1. The fourth-order valence-electron chi connectivity index (χ4n) is 1.76. The fourth-order valence-corrected chi connectivity index (χ4v) is 1.76. The number of benzene rings is 1. The maximum atomic E-state index is 11.5. The van der Waals surface area contributed by atoms with Crippen molar-refractivity contribution in [2.75, 3.05) is 17.4 Å². The minimum Gasteiger partial charge on any atom is -0.382 e. The lowest BCUT2D eigenvalue weighted by Gasteiger charge is -2.26. The monoisotopic (exact) mass is 271 g/mol. The molecular weight excluding hydrogens is 258 g/mol. The third-order valence-electron chi connectivity index (χ3n) is 2.84. The molecule has 2 rings (SSSR count). The average Bonchev–Trinajstić information content (AvgIpc) is 2.43. The summed E-state index contributed by atoms with van der Waals surface area (Å²) in [6.07, 6.45) is 0. The Balaban J connectivity index is 2.26. The van der Waals surface area contributed by atoms with Crippen molar-refractivity contribution >= 4 is 29.0 Å². The smallest absolute Gasteiger partial charge is 0.321 e. The zero-order valence-electron chi connectivity index (χ0n) is 10.8. The van der Waals surface area contributed by atoms with Gasteiger partial charge in [-0.3, -0.25) is 15.7 Å². The molecule has 0 spiro atoms. The summed E-state index contributed by atoms with van der Waals surface area (Å²) < 4.78 is 0. The van der Waals surface area contributed by atoms with Crippen LogP contribution in [-0.4, -0.2) is 24.6 Å². The van der Waals surface area contributed by atoms with Crippen molar-refractivity contribution in [2.24, 2.45) is 10.8 Å². The van der Waals surface area contributed by atoms with Crippen molar-refractivity contribution in [2.45, 2.75) is 6.54 Å². The second-order valence-corrected chi connectivity index (χ2v) is 4.16. The maximum Gasteiger partial charge on any atom is 0.321 e. The van der Waals surface area contributed by atoms with Gasteiger partial charge in [0.05, 0.1) is 11.4 Å². The van der Waals surface area contributed by atoms with E-state index in [1.807, 2.05) is 6.07 Å². The number of nitrogens with zero attached hydrogens (tertiary/aromatic N) is 3. The van der Waals surface area contributed by atoms with Crippen LogP contribution >= 0.6 is 0 Å². The summed E-state index contributed by atoms with van der Waals surface area (Å²) in [7, 11) is 1.66. The van der Waals surface area contributed by atoms with E-state index < -0.39 is 5.84 Å². The van der Waals surface area contributed by atoms with E-state index >= 15 is 0 Å². The number of nitriles is 1. The molecular formula is C12H13N7O. The zero-order chi connectivity index (χ0) is 14.7. The van der Waals surface area contributed by atoms with Crippen LogP contribution in [0.3, 0.4) is 0 Å². The first-order chi connectivity index (χ1) is 9.52. The van der Waals surface area contributed by atoms with Crippen LogP contribution in [0.5, 0.6) is 0 Å². The van der Waals surface area contributed by atoms with Crippen LogP contribution < -0.4 is 21.4 Å². The molecule has 1 aliphatic heterocycles. The SMILES string of the molecule is CN1C(=O)NCc2ccc(N/N=C(\C#N)C(=N)N)cc21. The molecule has 0 saturated carbocycles. The van der Waals surface area contributed by atoms with Gasteiger partial charge in [0.2, 0.25) is 5.71 Å². The number of amides is 2. The quantitative estimate of drug-likeness (QED) is 0.363. The summed E-state index contributed by atoms with van der Waals surface area (Å²) in [6, 6.07) is 6.89. The lowest BCUT2D eigenvalue weighted by Crippen LogP contribution is -2.41. The Labute approximate surface area is 115 Å². The van der Waals surface area contributed by atoms with Gasteiger partial charge in [0.15, 0.2) is 5.84 Å². The molecule has 2 amide bonds. The van der Waals surface area contributed by atoms with E-state index in [0.717, 1.165) is 11.3 Å². The van der Waals surface area contributed by atoms with E-state index in [2.05, 4.69) is 15.8 Å². The second-order valence-electron chi connectivity index (χ2n) is 4.16. The topological polar surface area (TPSA) is 130 Å². The number of rotatable bonds is 3. The predicted octanol–water partition coefficient (Wildman–Crippen LogP) is 0.573. The number of urea groups is 1. The molecule has 0 fully saturated rings. The third kappa shape index (κ3) is 2.51. The summed E-state index contributed by atoms with van der Waals surface area (Å²) >= 11 is 0. The minimum absolute atomic E-state index is 0.181. The van der Waals surface area contributed by atoms with Crippen molar-refractivity contribution < 1.29 is 4.79 Å². The van der Waals surface area contributed by atoms with Gasteiger partial charge in [-0.25, -0.2) is 4.79 Å². The molecule has 0 aliphatic carbocycles. The van der Waals surface area contributed by atoms with Crippen molar-refractivity contribution in [3.8, 4) is 6.07 Å². The molecule has 1 aromatic carbocycles. The third-order valence-corrected chi connectivity index (χ3v) is 2.84. The highest BCUT2D eigenvalue weighted by atomic mass is 16.2. The van der Waals surface area contributed by atoms with E-state index in [0.29, 0.717) is 12.2 Å². The van der Waals surface area contributed by atoms with Crippen LogP contribution in [0.2, 0.25) is 0 Å². The van der Waals surface area contributed by atoms with Crippen molar-refractivity contribution in [3.05, 3.63) is 23.8 Å². The highest BCUT2D eigenvalue weighted by Crippen LogP contribution is 2.26. The Morgan fingerprint density at radius 1 is 1.65 bits per heavy atom. The molecule has 0 saturated heterocycles. The molecule has 1 aliphatic rings. The van der Waals surface area contributed by atoms with E-state index in [1.165, 1.54) is 4.90 Å². The molecule has 0 aromatic heterocycles. The number of carbonyl (C=O) groups excluding carboxylic acids is 1. The van der Waals surface area contributed by atoms with Crippen LogP contribution in [0.25, 0.3) is 0 Å². The first kappa shape index (κ1) is 13.4. The van der Waals surface area contributed by atoms with Crippen molar-refractivity contribution in [3.63, 3.8) is 0 Å². The highest BCUT2D eigenvalue weighted by molar-refractivity contribution is 6.45. The van der Waals surface area contributed by atoms with E-state index in [1.54, 1.807) is 25.2 Å². The van der Waals surface area contributed by atoms with Gasteiger partial charge in [-0.15, -0.1) is 0 Å². The van der Waals surface area contributed by atoms with Gasteiger partial charge in [-0.2, -0.15) is 10.4 Å². The molecule has 0 unspecified atom stereocenters. The van der Waals surface area contributed by atoms with Crippen LogP contribution in [0.15, 0.2) is 23.3 Å². The number of carbonyl (C=O) groups is 1. The Morgan fingerprint density at radius 3 is 3.05 bits per heavy atom. The van der Waals surface area contributed by atoms with Gasteiger partial charge < -0.3 is 11.1 Å². The Hall–Kier alpha value is -3.08. The number of anilines is 2. The van der Waals surface area contributed by atoms with Crippen LogP contribution in [-0.2, 0) is 6.54 Å². The molecule has 0 radical (unpaired) electrons. The molecule has 0 bridgehead atoms. The second kappa shape index (κ2) is 5.27. The highest BCUT2D eigenvalue weighted by Gasteiger charge is 2.20.